The Labute approximate surface area is 247 Å². The second kappa shape index (κ2) is 12.1. The van der Waals surface area contributed by atoms with Gasteiger partial charge < -0.3 is 24.8 Å². The van der Waals surface area contributed by atoms with Gasteiger partial charge in [-0.05, 0) is 47.4 Å². The van der Waals surface area contributed by atoms with Crippen molar-refractivity contribution in [1.29, 1.82) is 0 Å². The van der Waals surface area contributed by atoms with Crippen LogP contribution in [0, 0.1) is 5.92 Å². The zero-order valence-corrected chi connectivity index (χ0v) is 23.3. The number of ether oxygens (including phenoxy) is 2. The van der Waals surface area contributed by atoms with Crippen LogP contribution >= 0.6 is 0 Å². The molecule has 220 valence electrons. The van der Waals surface area contributed by atoms with E-state index in [0.29, 0.717) is 22.3 Å². The van der Waals surface area contributed by atoms with Crippen molar-refractivity contribution in [2.24, 2.45) is 5.92 Å². The molecule has 0 spiro atoms. The van der Waals surface area contributed by atoms with E-state index in [4.69, 9.17) is 9.47 Å². The summed E-state index contributed by atoms with van der Waals surface area (Å²) in [6, 6.07) is 21.0. The molecule has 2 aliphatic rings. The topological polar surface area (TPSA) is 147 Å². The van der Waals surface area contributed by atoms with Crippen LogP contribution in [0.5, 0.6) is 0 Å². The third kappa shape index (κ3) is 5.47. The van der Waals surface area contributed by atoms with Crippen molar-refractivity contribution in [3.8, 4) is 0 Å². The second-order valence-corrected chi connectivity index (χ2v) is 10.7. The van der Waals surface area contributed by atoms with Crippen molar-refractivity contribution in [2.45, 2.75) is 36.9 Å². The zero-order valence-electron chi connectivity index (χ0n) is 23.3. The fourth-order valence-corrected chi connectivity index (χ4v) is 6.41. The monoisotopic (exact) mass is 582 g/mol. The van der Waals surface area contributed by atoms with Crippen LogP contribution in [-0.4, -0.2) is 58.0 Å². The average Bonchev–Trinajstić information content (AvgIpc) is 3.32. The molecule has 0 aromatic heterocycles. The average molecular weight is 583 g/mol. The lowest BCUT2D eigenvalue weighted by atomic mass is 9.61. The molecular formula is C34H30O9. The summed E-state index contributed by atoms with van der Waals surface area (Å²) in [5, 5.41) is 30.5. The number of aliphatic carboxylic acids is 1. The molecule has 1 fully saturated rings. The Kier molecular flexibility index (Phi) is 8.27. The lowest BCUT2D eigenvalue weighted by molar-refractivity contribution is -0.141. The van der Waals surface area contributed by atoms with Crippen molar-refractivity contribution in [3.05, 3.63) is 130 Å². The Bertz CT molecular complexity index is 1620. The number of allylic oxidation sites excluding steroid dienone is 3. The molecule has 5 rings (SSSR count). The first-order chi connectivity index (χ1) is 20.6. The van der Waals surface area contributed by atoms with Crippen molar-refractivity contribution in [1.82, 2.24) is 0 Å². The molecule has 1 saturated heterocycles. The van der Waals surface area contributed by atoms with Crippen LogP contribution in [0.15, 0.2) is 103 Å². The van der Waals surface area contributed by atoms with Crippen molar-refractivity contribution >= 4 is 23.9 Å². The molecule has 3 aromatic carbocycles. The summed E-state index contributed by atoms with van der Waals surface area (Å²) < 4.78 is 12.3. The summed E-state index contributed by atoms with van der Waals surface area (Å²) in [5.41, 5.74) is 0.0419. The van der Waals surface area contributed by atoms with E-state index in [1.54, 1.807) is 91.9 Å². The van der Waals surface area contributed by atoms with Gasteiger partial charge in [0.2, 0.25) is 0 Å². The number of carbonyl (C=O) groups is 4. The number of carbonyl (C=O) groups excluding carboxylic acids is 1. The maximum absolute atomic E-state index is 13.0. The molecule has 9 nitrogen and oxygen atoms in total. The molecule has 9 heteroatoms. The first kappa shape index (κ1) is 29.5. The highest BCUT2D eigenvalue weighted by molar-refractivity contribution is 5.92. The Morgan fingerprint density at radius 1 is 0.860 bits per heavy atom. The van der Waals surface area contributed by atoms with E-state index >= 15 is 0 Å². The Hall–Kier alpha value is -5.02. The van der Waals surface area contributed by atoms with Gasteiger partial charge in [-0.15, -0.1) is 0 Å². The molecule has 5 atom stereocenters. The molecular weight excluding hydrogens is 552 g/mol. The van der Waals surface area contributed by atoms with Crippen molar-refractivity contribution in [2.75, 3.05) is 6.61 Å². The van der Waals surface area contributed by atoms with Crippen LogP contribution in [0.25, 0.3) is 0 Å². The maximum Gasteiger partial charge on any atom is 0.338 e. The summed E-state index contributed by atoms with van der Waals surface area (Å²) in [6.07, 6.45) is 3.34. The molecule has 1 unspecified atom stereocenters. The van der Waals surface area contributed by atoms with E-state index in [1.165, 1.54) is 12.1 Å². The van der Waals surface area contributed by atoms with Gasteiger partial charge in [0.05, 0.1) is 28.7 Å². The van der Waals surface area contributed by atoms with Crippen molar-refractivity contribution in [3.63, 3.8) is 0 Å². The van der Waals surface area contributed by atoms with Gasteiger partial charge in [0.15, 0.2) is 0 Å². The molecule has 1 aliphatic carbocycles. The van der Waals surface area contributed by atoms with Gasteiger partial charge in [0, 0.05) is 11.3 Å². The minimum Gasteiger partial charge on any atom is -0.481 e. The highest BCUT2D eigenvalue weighted by Gasteiger charge is 2.59. The van der Waals surface area contributed by atoms with Gasteiger partial charge in [-0.2, -0.15) is 0 Å². The number of benzene rings is 3. The SMILES string of the molecule is C[C@@]1(c2ccccc2C(=O)O)[C@H](C2=CC=CCC2C(=O)O)O[C@@H](COC(=O)c2ccccc2)[C@@H]1c1ccccc1C(=O)O. The van der Waals surface area contributed by atoms with Gasteiger partial charge in [-0.25, -0.2) is 14.4 Å². The molecule has 0 saturated carbocycles. The normalized spacial score (nSPS) is 24.6. The Morgan fingerprint density at radius 2 is 1.49 bits per heavy atom. The molecule has 0 radical (unpaired) electrons. The number of rotatable bonds is 9. The van der Waals surface area contributed by atoms with E-state index in [1.807, 2.05) is 0 Å². The van der Waals surface area contributed by atoms with Crippen LogP contribution in [0.3, 0.4) is 0 Å². The van der Waals surface area contributed by atoms with Crippen LogP contribution in [0.2, 0.25) is 0 Å². The summed E-state index contributed by atoms with van der Waals surface area (Å²) in [4.78, 5) is 50.4. The van der Waals surface area contributed by atoms with Crippen LogP contribution in [0.4, 0.5) is 0 Å². The second-order valence-electron chi connectivity index (χ2n) is 10.7. The predicted molar refractivity (Wildman–Crippen MR) is 155 cm³/mol. The van der Waals surface area contributed by atoms with E-state index in [-0.39, 0.29) is 24.2 Å². The molecule has 0 amide bonds. The van der Waals surface area contributed by atoms with Gasteiger partial charge in [0.1, 0.15) is 12.7 Å². The highest BCUT2D eigenvalue weighted by Crippen LogP contribution is 2.56. The van der Waals surface area contributed by atoms with Crippen LogP contribution in [0.1, 0.15) is 61.5 Å². The van der Waals surface area contributed by atoms with Gasteiger partial charge in [0.25, 0.3) is 0 Å². The smallest absolute Gasteiger partial charge is 0.338 e. The van der Waals surface area contributed by atoms with Crippen molar-refractivity contribution < 1.29 is 44.0 Å². The third-order valence-corrected chi connectivity index (χ3v) is 8.33. The Balaban J connectivity index is 1.73. The molecule has 1 aliphatic heterocycles. The highest BCUT2D eigenvalue weighted by atomic mass is 16.6. The number of hydrogen-bond donors (Lipinski definition) is 3. The maximum atomic E-state index is 13.0. The molecule has 1 heterocycles. The number of esters is 1. The van der Waals surface area contributed by atoms with Gasteiger partial charge in [-0.3, -0.25) is 4.79 Å². The number of hydrogen-bond acceptors (Lipinski definition) is 6. The van der Waals surface area contributed by atoms with Gasteiger partial charge >= 0.3 is 23.9 Å². The van der Waals surface area contributed by atoms with Gasteiger partial charge in [-0.1, -0.05) is 79.7 Å². The summed E-state index contributed by atoms with van der Waals surface area (Å²) in [5.74, 6) is -5.92. The quantitative estimate of drug-likeness (QED) is 0.285. The van der Waals surface area contributed by atoms with E-state index in [9.17, 15) is 34.5 Å². The number of aromatic carboxylic acids is 2. The zero-order chi connectivity index (χ0) is 30.7. The first-order valence-electron chi connectivity index (χ1n) is 13.8. The summed E-state index contributed by atoms with van der Waals surface area (Å²) in [7, 11) is 0. The number of carboxylic acid groups (broad SMARTS) is 3. The minimum atomic E-state index is -1.31. The Morgan fingerprint density at radius 3 is 2.16 bits per heavy atom. The lowest BCUT2D eigenvalue weighted by Crippen LogP contribution is -2.43. The molecule has 3 N–H and O–H groups in total. The first-order valence-corrected chi connectivity index (χ1v) is 13.8. The fraction of sp³-hybridized carbons (Fsp3) is 0.235. The van der Waals surface area contributed by atoms with E-state index < -0.39 is 53.3 Å². The standard InChI is InChI=1S/C34H30O9/c1-34(26-18-10-9-17-25(26)32(39)40)28(21-13-5-7-15-23(21)30(35)36)27(19-42-33(41)20-11-3-2-4-12-20)43-29(34)22-14-6-8-16-24(22)31(37)38/h2-15,17-18,24,27-29H,16,19H2,1H3,(H,35,36)(H,37,38)(H,39,40)/t24?,27-,28-,29-,34-/m0/s1. The summed E-state index contributed by atoms with van der Waals surface area (Å²) >= 11 is 0. The van der Waals surface area contributed by atoms with E-state index in [0.717, 1.165) is 0 Å². The third-order valence-electron chi connectivity index (χ3n) is 8.33. The molecule has 3 aromatic rings. The van der Waals surface area contributed by atoms with Crippen LogP contribution < -0.4 is 0 Å². The number of carboxylic acids is 3. The summed E-state index contributed by atoms with van der Waals surface area (Å²) in [6.45, 7) is 1.47. The van der Waals surface area contributed by atoms with Crippen LogP contribution in [-0.2, 0) is 19.7 Å². The molecule has 0 bridgehead atoms. The lowest BCUT2D eigenvalue weighted by Gasteiger charge is -2.40. The fourth-order valence-electron chi connectivity index (χ4n) is 6.41. The predicted octanol–water partition coefficient (Wildman–Crippen LogP) is 5.34. The largest absolute Gasteiger partial charge is 0.481 e. The minimum absolute atomic E-state index is 0.0255. The van der Waals surface area contributed by atoms with E-state index in [2.05, 4.69) is 0 Å². The molecule has 43 heavy (non-hydrogen) atoms.